The van der Waals surface area contributed by atoms with Gasteiger partial charge in [0, 0.05) is 41.7 Å². The lowest BCUT2D eigenvalue weighted by molar-refractivity contribution is -0.138. The minimum absolute atomic E-state index is 0.0110. The summed E-state index contributed by atoms with van der Waals surface area (Å²) >= 11 is 0. The minimum Gasteiger partial charge on any atom is -0.356 e. The number of carbonyl (C=O) groups excluding carboxylic acids is 2. The van der Waals surface area contributed by atoms with E-state index in [1.165, 1.54) is 12.1 Å². The minimum atomic E-state index is -4.74. The first kappa shape index (κ1) is 28.1. The molecule has 2 N–H and O–H groups in total. The number of nitrogens with one attached hydrogen (secondary N) is 2. The molecule has 0 radical (unpaired) electrons. The first-order chi connectivity index (χ1) is 19.4. The van der Waals surface area contributed by atoms with Crippen LogP contribution in [0.4, 0.5) is 24.7 Å². The molecule has 7 nitrogen and oxygen atoms in total. The van der Waals surface area contributed by atoms with Crippen molar-refractivity contribution in [3.63, 3.8) is 0 Å². The molecule has 5 rings (SSSR count). The highest BCUT2D eigenvalue weighted by molar-refractivity contribution is 6.06. The van der Waals surface area contributed by atoms with Gasteiger partial charge in [0.2, 0.25) is 5.91 Å². The zero-order valence-corrected chi connectivity index (χ0v) is 23.0. The van der Waals surface area contributed by atoms with Crippen LogP contribution in [0.15, 0.2) is 66.7 Å². The molecule has 10 heteroatoms. The van der Waals surface area contributed by atoms with E-state index in [-0.39, 0.29) is 12.5 Å². The summed E-state index contributed by atoms with van der Waals surface area (Å²) in [7, 11) is 0. The third-order valence-corrected chi connectivity index (χ3v) is 6.89. The van der Waals surface area contributed by atoms with E-state index in [0.29, 0.717) is 22.6 Å². The maximum Gasteiger partial charge on any atom is 0.417 e. The first-order valence-electron chi connectivity index (χ1n) is 13.3. The van der Waals surface area contributed by atoms with Crippen LogP contribution >= 0.6 is 0 Å². The fourth-order valence-electron chi connectivity index (χ4n) is 4.46. The summed E-state index contributed by atoms with van der Waals surface area (Å²) in [6, 6.07) is 17.8. The molecule has 0 saturated carbocycles. The molecule has 0 spiro atoms. The highest BCUT2D eigenvalue weighted by Crippen LogP contribution is 2.34. The van der Waals surface area contributed by atoms with Crippen molar-refractivity contribution >= 4 is 34.2 Å². The molecule has 41 heavy (non-hydrogen) atoms. The number of hydrogen-bond donors (Lipinski definition) is 2. The normalized spacial score (nSPS) is 13.6. The second-order valence-corrected chi connectivity index (χ2v) is 11.1. The SMILES string of the molecule is CC(C)(C)C(=O)NCc1ccc(C(F)(F)F)c(C(=O)Nc2ccc3c(N4CCC4)nc(-c4ccccc4)nc3c2)c1. The quantitative estimate of drug-likeness (QED) is 0.283. The zero-order valence-electron chi connectivity index (χ0n) is 23.0. The van der Waals surface area contributed by atoms with E-state index in [4.69, 9.17) is 9.97 Å². The second-order valence-electron chi connectivity index (χ2n) is 11.1. The highest BCUT2D eigenvalue weighted by atomic mass is 19.4. The summed E-state index contributed by atoms with van der Waals surface area (Å²) in [6.07, 6.45) is -3.69. The predicted molar refractivity (Wildman–Crippen MR) is 153 cm³/mol. The topological polar surface area (TPSA) is 87.2 Å². The standard InChI is InChI=1S/C31H30F3N5O2/c1-30(2,3)29(41)35-18-19-10-13-24(31(32,33)34)23(16-19)28(40)36-21-11-12-22-25(17-21)37-26(20-8-5-4-6-9-20)38-27(22)39-14-7-15-39/h4-6,8-13,16-17H,7,14-15,18H2,1-3H3,(H,35,41)(H,36,40). The van der Waals surface area contributed by atoms with Gasteiger partial charge in [-0.25, -0.2) is 9.97 Å². The molecule has 0 unspecified atom stereocenters. The lowest BCUT2D eigenvalue weighted by Crippen LogP contribution is -2.37. The van der Waals surface area contributed by atoms with E-state index >= 15 is 0 Å². The van der Waals surface area contributed by atoms with Crippen molar-refractivity contribution in [3.05, 3.63) is 83.4 Å². The van der Waals surface area contributed by atoms with Gasteiger partial charge in [0.15, 0.2) is 5.82 Å². The van der Waals surface area contributed by atoms with Crippen LogP contribution in [-0.4, -0.2) is 34.9 Å². The molecule has 0 atom stereocenters. The van der Waals surface area contributed by atoms with Gasteiger partial charge in [0.05, 0.1) is 16.6 Å². The molecular formula is C31H30F3N5O2. The van der Waals surface area contributed by atoms with Crippen molar-refractivity contribution in [2.75, 3.05) is 23.3 Å². The number of nitrogens with zero attached hydrogens (tertiary/aromatic N) is 3. The van der Waals surface area contributed by atoms with E-state index < -0.39 is 28.6 Å². The van der Waals surface area contributed by atoms with Gasteiger partial charge in [-0.1, -0.05) is 57.2 Å². The summed E-state index contributed by atoms with van der Waals surface area (Å²) in [4.78, 5) is 37.2. The fourth-order valence-corrected chi connectivity index (χ4v) is 4.46. The number of carbonyl (C=O) groups is 2. The molecule has 2 heterocycles. The monoisotopic (exact) mass is 561 g/mol. The zero-order chi connectivity index (χ0) is 29.4. The molecule has 1 saturated heterocycles. The smallest absolute Gasteiger partial charge is 0.356 e. The van der Waals surface area contributed by atoms with E-state index in [1.54, 1.807) is 39.0 Å². The Morgan fingerprint density at radius 3 is 2.29 bits per heavy atom. The van der Waals surface area contributed by atoms with E-state index in [2.05, 4.69) is 15.5 Å². The van der Waals surface area contributed by atoms with Crippen molar-refractivity contribution in [1.82, 2.24) is 15.3 Å². The van der Waals surface area contributed by atoms with E-state index in [0.717, 1.165) is 42.3 Å². The first-order valence-corrected chi connectivity index (χ1v) is 13.3. The third kappa shape index (κ3) is 6.16. The molecule has 0 bridgehead atoms. The molecule has 0 aliphatic carbocycles. The van der Waals surface area contributed by atoms with Gasteiger partial charge in [0.25, 0.3) is 5.91 Å². The molecule has 1 aromatic heterocycles. The number of hydrogen-bond acceptors (Lipinski definition) is 5. The molecule has 3 aromatic carbocycles. The molecule has 1 aliphatic rings. The van der Waals surface area contributed by atoms with Crippen LogP contribution < -0.4 is 15.5 Å². The van der Waals surface area contributed by atoms with Crippen LogP contribution in [0.5, 0.6) is 0 Å². The Balaban J connectivity index is 1.47. The molecular weight excluding hydrogens is 531 g/mol. The Hall–Kier alpha value is -4.47. The van der Waals surface area contributed by atoms with Crippen LogP contribution in [0.2, 0.25) is 0 Å². The number of alkyl halides is 3. The maximum absolute atomic E-state index is 13.9. The van der Waals surface area contributed by atoms with Gasteiger partial charge in [-0.05, 0) is 42.3 Å². The van der Waals surface area contributed by atoms with Gasteiger partial charge in [-0.3, -0.25) is 9.59 Å². The van der Waals surface area contributed by atoms with Crippen molar-refractivity contribution < 1.29 is 22.8 Å². The van der Waals surface area contributed by atoms with Crippen LogP contribution in [0, 0.1) is 5.41 Å². The van der Waals surface area contributed by atoms with Crippen molar-refractivity contribution in [2.24, 2.45) is 5.41 Å². The van der Waals surface area contributed by atoms with Gasteiger partial charge in [-0.15, -0.1) is 0 Å². The van der Waals surface area contributed by atoms with Gasteiger partial charge in [0.1, 0.15) is 5.82 Å². The Kier molecular flexibility index (Phi) is 7.42. The number of halogens is 3. The summed E-state index contributed by atoms with van der Waals surface area (Å²) in [6.45, 7) is 6.92. The molecule has 4 aromatic rings. The van der Waals surface area contributed by atoms with Crippen molar-refractivity contribution in [2.45, 2.75) is 39.9 Å². The van der Waals surface area contributed by atoms with E-state index in [9.17, 15) is 22.8 Å². The van der Waals surface area contributed by atoms with E-state index in [1.807, 2.05) is 30.3 Å². The van der Waals surface area contributed by atoms with Crippen LogP contribution in [0.25, 0.3) is 22.3 Å². The van der Waals surface area contributed by atoms with Gasteiger partial charge in [-0.2, -0.15) is 13.2 Å². The molecule has 1 fully saturated rings. The lowest BCUT2D eigenvalue weighted by atomic mass is 9.95. The highest BCUT2D eigenvalue weighted by Gasteiger charge is 2.35. The average Bonchev–Trinajstić information content (AvgIpc) is 2.89. The summed E-state index contributed by atoms with van der Waals surface area (Å²) in [5.74, 6) is 0.130. The number of rotatable bonds is 6. The maximum atomic E-state index is 13.9. The summed E-state index contributed by atoms with van der Waals surface area (Å²) in [5, 5.41) is 6.11. The van der Waals surface area contributed by atoms with Gasteiger partial charge < -0.3 is 15.5 Å². The second kappa shape index (κ2) is 10.8. The molecule has 2 amide bonds. The van der Waals surface area contributed by atoms with Crippen LogP contribution in [-0.2, 0) is 17.5 Å². The number of anilines is 2. The summed E-state index contributed by atoms with van der Waals surface area (Å²) in [5.41, 5.74) is -0.191. The Bertz CT molecular complexity index is 1610. The fraction of sp³-hybridized carbons (Fsp3) is 0.290. The van der Waals surface area contributed by atoms with Crippen LogP contribution in [0.3, 0.4) is 0 Å². The largest absolute Gasteiger partial charge is 0.417 e. The van der Waals surface area contributed by atoms with Crippen LogP contribution in [0.1, 0.15) is 48.7 Å². The lowest BCUT2D eigenvalue weighted by Gasteiger charge is -2.33. The third-order valence-electron chi connectivity index (χ3n) is 6.89. The Morgan fingerprint density at radius 1 is 0.927 bits per heavy atom. The van der Waals surface area contributed by atoms with Gasteiger partial charge >= 0.3 is 6.18 Å². The number of fused-ring (bicyclic) bond motifs is 1. The number of aromatic nitrogens is 2. The number of benzene rings is 3. The predicted octanol–water partition coefficient (Wildman–Crippen LogP) is 6.44. The Morgan fingerprint density at radius 2 is 1.66 bits per heavy atom. The molecule has 212 valence electrons. The number of amides is 2. The Labute approximate surface area is 235 Å². The summed E-state index contributed by atoms with van der Waals surface area (Å²) < 4.78 is 41.6. The van der Waals surface area contributed by atoms with Crippen molar-refractivity contribution in [3.8, 4) is 11.4 Å². The average molecular weight is 562 g/mol. The molecule has 1 aliphatic heterocycles. The van der Waals surface area contributed by atoms with Crippen molar-refractivity contribution in [1.29, 1.82) is 0 Å².